The fourth-order valence-electron chi connectivity index (χ4n) is 2.68. The Morgan fingerprint density at radius 2 is 2.00 bits per heavy atom. The second kappa shape index (κ2) is 6.56. The fraction of sp³-hybridized carbons (Fsp3) is 0.533. The molecule has 1 aliphatic heterocycles. The van der Waals surface area contributed by atoms with Crippen molar-refractivity contribution in [3.05, 3.63) is 29.9 Å². The zero-order valence-electron chi connectivity index (χ0n) is 12.4. The number of hydrogen-bond donors (Lipinski definition) is 1. The molecule has 0 aliphatic carbocycles. The summed E-state index contributed by atoms with van der Waals surface area (Å²) in [5.41, 5.74) is 0. The minimum Gasteiger partial charge on any atom is -0.429 e. The minimum absolute atomic E-state index is 0.0403. The molecule has 1 unspecified atom stereocenters. The van der Waals surface area contributed by atoms with E-state index in [1.54, 1.807) is 12.1 Å². The number of likely N-dealkylation sites (tertiary alicyclic amines) is 1. The number of carbonyl (C=O) groups excluding carboxylic acids is 2. The second-order valence-electron chi connectivity index (χ2n) is 5.30. The van der Waals surface area contributed by atoms with Crippen molar-refractivity contribution in [3.8, 4) is 0 Å². The van der Waals surface area contributed by atoms with Crippen LogP contribution in [-0.2, 0) is 9.59 Å². The maximum Gasteiger partial charge on any atom is 0.251 e. The van der Waals surface area contributed by atoms with E-state index in [-0.39, 0.29) is 30.2 Å². The van der Waals surface area contributed by atoms with Crippen LogP contribution in [0.4, 0.5) is 0 Å². The lowest BCUT2D eigenvalue weighted by atomic mass is 10.1. The van der Waals surface area contributed by atoms with Gasteiger partial charge >= 0.3 is 0 Å². The Morgan fingerprint density at radius 1 is 1.38 bits per heavy atom. The molecule has 6 heteroatoms. The molecule has 21 heavy (non-hydrogen) atoms. The third-order valence-electron chi connectivity index (χ3n) is 3.93. The highest BCUT2D eigenvalue weighted by molar-refractivity contribution is 5.89. The van der Waals surface area contributed by atoms with Gasteiger partial charge in [0.2, 0.25) is 5.91 Å². The van der Waals surface area contributed by atoms with Crippen LogP contribution in [0.1, 0.15) is 33.1 Å². The minimum atomic E-state index is -0.362. The molecule has 1 N–H and O–H groups in total. The van der Waals surface area contributed by atoms with Crippen LogP contribution in [0.3, 0.4) is 0 Å². The van der Waals surface area contributed by atoms with Crippen molar-refractivity contribution in [3.63, 3.8) is 0 Å². The van der Waals surface area contributed by atoms with E-state index in [0.717, 1.165) is 17.6 Å². The predicted octanol–water partition coefficient (Wildman–Crippen LogP) is 1.19. The Morgan fingerprint density at radius 3 is 2.57 bits per heavy atom. The van der Waals surface area contributed by atoms with Crippen molar-refractivity contribution in [1.82, 2.24) is 9.63 Å². The molecule has 0 spiro atoms. The maximum absolute atomic E-state index is 12.2. The molecular formula is C15H21N3O3. The summed E-state index contributed by atoms with van der Waals surface area (Å²) in [5.74, 6) is -0.592. The smallest absolute Gasteiger partial charge is 0.251 e. The largest absolute Gasteiger partial charge is 0.429 e. The Labute approximate surface area is 123 Å². The molecule has 2 heterocycles. The van der Waals surface area contributed by atoms with Gasteiger partial charge in [-0.05, 0) is 25.0 Å². The quantitative estimate of drug-likeness (QED) is 0.847. The average Bonchev–Trinajstić information content (AvgIpc) is 2.85. The topological polar surface area (TPSA) is 74.9 Å². The molecule has 1 atom stereocenters. The standard InChI is InChI=1S/C15H21N3O3/c1-3-13(4-2)18-10-11(9-14(18)19)15(20)16-12-5-7-17(21)8-6-12/h5-8,11,13,21H,3-4,9-10H2,1-2H3. The lowest BCUT2D eigenvalue weighted by molar-refractivity contribution is -0.130. The van der Waals surface area contributed by atoms with Crippen LogP contribution in [0.2, 0.25) is 0 Å². The van der Waals surface area contributed by atoms with Crippen molar-refractivity contribution in [2.45, 2.75) is 39.2 Å². The fourth-order valence-corrected chi connectivity index (χ4v) is 2.68. The highest BCUT2D eigenvalue weighted by Crippen LogP contribution is 2.23. The number of nitrogens with zero attached hydrogens (tertiary/aromatic N) is 3. The van der Waals surface area contributed by atoms with Gasteiger partial charge in [0.25, 0.3) is 5.91 Å². The van der Waals surface area contributed by atoms with E-state index in [0.29, 0.717) is 11.9 Å². The molecule has 2 amide bonds. The number of hydrogen-bond acceptors (Lipinski definition) is 3. The van der Waals surface area contributed by atoms with Gasteiger partial charge in [0.1, 0.15) is 0 Å². The lowest BCUT2D eigenvalue weighted by Crippen LogP contribution is -2.36. The van der Waals surface area contributed by atoms with E-state index in [9.17, 15) is 9.59 Å². The van der Waals surface area contributed by atoms with Gasteiger partial charge in [0.05, 0.1) is 11.3 Å². The van der Waals surface area contributed by atoms with Crippen molar-refractivity contribution < 1.29 is 14.8 Å². The van der Waals surface area contributed by atoms with E-state index < -0.39 is 0 Å². The second-order valence-corrected chi connectivity index (χ2v) is 5.30. The molecule has 1 aliphatic rings. The van der Waals surface area contributed by atoms with Gasteiger partial charge in [-0.2, -0.15) is 0 Å². The van der Waals surface area contributed by atoms with Gasteiger partial charge in [-0.15, -0.1) is 0 Å². The number of amides is 2. The van der Waals surface area contributed by atoms with Crippen LogP contribution in [0.5, 0.6) is 0 Å². The first-order valence-electron chi connectivity index (χ1n) is 7.30. The summed E-state index contributed by atoms with van der Waals surface area (Å²) < 4.78 is 0.886. The van der Waals surface area contributed by atoms with Gasteiger partial charge in [0.15, 0.2) is 0 Å². The molecule has 1 aromatic rings. The monoisotopic (exact) mass is 291 g/mol. The van der Waals surface area contributed by atoms with Crippen LogP contribution < -0.4 is 5.36 Å². The molecular weight excluding hydrogens is 270 g/mol. The molecule has 1 aromatic heterocycles. The summed E-state index contributed by atoms with van der Waals surface area (Å²) in [7, 11) is 0. The summed E-state index contributed by atoms with van der Waals surface area (Å²) in [5, 5.41) is 9.61. The van der Waals surface area contributed by atoms with Crippen LogP contribution in [0, 0.1) is 5.92 Å². The zero-order valence-corrected chi connectivity index (χ0v) is 12.4. The van der Waals surface area contributed by atoms with Crippen molar-refractivity contribution in [2.75, 3.05) is 6.54 Å². The Hall–Kier alpha value is -2.11. The van der Waals surface area contributed by atoms with E-state index in [1.165, 1.54) is 12.4 Å². The number of pyridine rings is 1. The van der Waals surface area contributed by atoms with E-state index in [4.69, 9.17) is 5.21 Å². The summed E-state index contributed by atoms with van der Waals surface area (Å²) >= 11 is 0. The third kappa shape index (κ3) is 3.51. The third-order valence-corrected chi connectivity index (χ3v) is 3.93. The highest BCUT2D eigenvalue weighted by atomic mass is 16.5. The first-order valence-corrected chi connectivity index (χ1v) is 7.30. The lowest BCUT2D eigenvalue weighted by Gasteiger charge is -2.25. The van der Waals surface area contributed by atoms with E-state index in [1.807, 2.05) is 4.90 Å². The Balaban J connectivity index is 2.10. The normalized spacial score (nSPS) is 18.3. The number of aromatic nitrogens is 1. The summed E-state index contributed by atoms with van der Waals surface area (Å²) in [6.45, 7) is 4.56. The van der Waals surface area contributed by atoms with Crippen LogP contribution >= 0.6 is 0 Å². The molecule has 0 bridgehead atoms. The van der Waals surface area contributed by atoms with Gasteiger partial charge in [-0.1, -0.05) is 13.8 Å². The van der Waals surface area contributed by atoms with Crippen molar-refractivity contribution >= 4 is 11.8 Å². The molecule has 0 aromatic carbocycles. The average molecular weight is 291 g/mol. The van der Waals surface area contributed by atoms with Crippen LogP contribution in [0.25, 0.3) is 0 Å². The molecule has 6 nitrogen and oxygen atoms in total. The first kappa shape index (κ1) is 15.3. The summed E-state index contributed by atoms with van der Waals surface area (Å²) in [6.07, 6.45) is 4.85. The molecule has 114 valence electrons. The number of carbonyl (C=O) groups is 2. The van der Waals surface area contributed by atoms with Crippen molar-refractivity contribution in [1.29, 1.82) is 0 Å². The molecule has 1 saturated heterocycles. The highest BCUT2D eigenvalue weighted by Gasteiger charge is 2.36. The van der Waals surface area contributed by atoms with Gasteiger partial charge in [0, 0.05) is 31.4 Å². The summed E-state index contributed by atoms with van der Waals surface area (Å²) in [4.78, 5) is 30.0. The molecule has 2 rings (SSSR count). The zero-order chi connectivity index (χ0) is 15.4. The Bertz CT molecular complexity index is 570. The van der Waals surface area contributed by atoms with Crippen molar-refractivity contribution in [2.24, 2.45) is 10.9 Å². The van der Waals surface area contributed by atoms with Crippen LogP contribution in [0.15, 0.2) is 29.5 Å². The number of rotatable bonds is 4. The predicted molar refractivity (Wildman–Crippen MR) is 76.4 cm³/mol. The van der Waals surface area contributed by atoms with Gasteiger partial charge < -0.3 is 10.1 Å². The molecule has 0 radical (unpaired) electrons. The SMILES string of the molecule is CCC(CC)N1CC(C(=O)N=c2ccn(O)cc2)CC1=O. The Kier molecular flexibility index (Phi) is 4.77. The van der Waals surface area contributed by atoms with E-state index in [2.05, 4.69) is 18.8 Å². The van der Waals surface area contributed by atoms with E-state index >= 15 is 0 Å². The first-order chi connectivity index (χ1) is 10.0. The van der Waals surface area contributed by atoms with Gasteiger partial charge in [-0.25, -0.2) is 9.72 Å². The van der Waals surface area contributed by atoms with Crippen LogP contribution in [-0.4, -0.2) is 39.2 Å². The maximum atomic E-state index is 12.2. The molecule has 1 fully saturated rings. The summed E-state index contributed by atoms with van der Waals surface area (Å²) in [6, 6.07) is 3.31. The molecule has 0 saturated carbocycles. The van der Waals surface area contributed by atoms with Gasteiger partial charge in [-0.3, -0.25) is 9.59 Å².